The highest BCUT2D eigenvalue weighted by Crippen LogP contribution is 2.51. The third-order valence-corrected chi connectivity index (χ3v) is 11.1. The van der Waals surface area contributed by atoms with Crippen molar-refractivity contribution < 1.29 is 4.42 Å². The molecule has 0 aliphatic heterocycles. The number of aromatic nitrogens is 4. The Balaban J connectivity index is 1.22. The Kier molecular flexibility index (Phi) is 6.23. The van der Waals surface area contributed by atoms with Crippen LogP contribution in [0.15, 0.2) is 162 Å². The van der Waals surface area contributed by atoms with Crippen molar-refractivity contribution in [2.45, 2.75) is 19.3 Å². The Morgan fingerprint density at radius 3 is 1.85 bits per heavy atom. The predicted molar refractivity (Wildman–Crippen MR) is 215 cm³/mol. The topological polar surface area (TPSA) is 56.7 Å². The van der Waals surface area contributed by atoms with Gasteiger partial charge >= 0.3 is 0 Å². The molecule has 0 N–H and O–H groups in total. The predicted octanol–water partition coefficient (Wildman–Crippen LogP) is 12.2. The van der Waals surface area contributed by atoms with E-state index in [1.165, 1.54) is 33.0 Å². The van der Waals surface area contributed by atoms with Crippen molar-refractivity contribution in [3.8, 4) is 51.0 Å². The molecule has 0 unspecified atom stereocenters. The molecule has 53 heavy (non-hydrogen) atoms. The second kappa shape index (κ2) is 11.1. The maximum Gasteiger partial charge on any atom is 0.167 e. The fourth-order valence-electron chi connectivity index (χ4n) is 8.52. The number of furan rings is 1. The lowest BCUT2D eigenvalue weighted by atomic mass is 9.82. The second-order valence-electron chi connectivity index (χ2n) is 14.4. The molecule has 3 heterocycles. The number of para-hydroxylation sites is 2. The van der Waals surface area contributed by atoms with Crippen LogP contribution in [0.1, 0.15) is 25.0 Å². The van der Waals surface area contributed by atoms with Gasteiger partial charge in [0.25, 0.3) is 0 Å². The summed E-state index contributed by atoms with van der Waals surface area (Å²) in [6.45, 7) is 4.69. The summed E-state index contributed by atoms with van der Waals surface area (Å²) in [5.74, 6) is 1.79. The normalized spacial score (nSPS) is 13.2. The van der Waals surface area contributed by atoms with Gasteiger partial charge in [-0.05, 0) is 58.7 Å². The summed E-state index contributed by atoms with van der Waals surface area (Å²) in [5.41, 5.74) is 12.8. The summed E-state index contributed by atoms with van der Waals surface area (Å²) < 4.78 is 9.25. The summed E-state index contributed by atoms with van der Waals surface area (Å²) in [7, 11) is 0. The van der Waals surface area contributed by atoms with Crippen LogP contribution in [-0.2, 0) is 5.41 Å². The van der Waals surface area contributed by atoms with Gasteiger partial charge < -0.3 is 8.98 Å². The number of fused-ring (bicyclic) bond motifs is 9. The molecule has 0 atom stereocenters. The highest BCUT2D eigenvalue weighted by Gasteiger charge is 2.36. The largest absolute Gasteiger partial charge is 0.455 e. The molecule has 0 saturated carbocycles. The van der Waals surface area contributed by atoms with Gasteiger partial charge in [-0.3, -0.25) is 0 Å². The molecule has 7 aromatic carbocycles. The van der Waals surface area contributed by atoms with Crippen molar-refractivity contribution in [2.24, 2.45) is 0 Å². The Labute approximate surface area is 305 Å². The zero-order chi connectivity index (χ0) is 35.3. The quantitative estimate of drug-likeness (QED) is 0.186. The standard InChI is InChI=1S/C48H32N4O/c1-48(2)37-22-12-9-19-31(37)35-28-41-36(27-38(35)48)32-20-10-13-23-39(32)52(41)40-26-25-34(44-43(40)33-21-11-14-24-42(33)53-44)47-50-45(29-15-5-3-6-16-29)49-46(51-47)30-17-7-4-8-18-30/h3-28H,1-2H3. The fraction of sp³-hybridized carbons (Fsp3) is 0.0625. The number of rotatable bonds is 4. The first-order valence-electron chi connectivity index (χ1n) is 18.0. The lowest BCUT2D eigenvalue weighted by Gasteiger charge is -2.21. The second-order valence-corrected chi connectivity index (χ2v) is 14.4. The molecule has 0 spiro atoms. The summed E-state index contributed by atoms with van der Waals surface area (Å²) in [5, 5.41) is 4.52. The van der Waals surface area contributed by atoms with E-state index in [9.17, 15) is 0 Å². The summed E-state index contributed by atoms with van der Waals surface area (Å²) in [4.78, 5) is 15.1. The van der Waals surface area contributed by atoms with Crippen LogP contribution in [0, 0.1) is 0 Å². The van der Waals surface area contributed by atoms with Crippen LogP contribution >= 0.6 is 0 Å². The van der Waals surface area contributed by atoms with Crippen LogP contribution in [0.25, 0.3) is 94.7 Å². The van der Waals surface area contributed by atoms with E-state index >= 15 is 0 Å². The van der Waals surface area contributed by atoms with Gasteiger partial charge in [-0.15, -0.1) is 0 Å². The van der Waals surface area contributed by atoms with Crippen LogP contribution in [0.5, 0.6) is 0 Å². The van der Waals surface area contributed by atoms with Crippen molar-refractivity contribution >= 4 is 43.7 Å². The Bertz CT molecular complexity index is 3020. The van der Waals surface area contributed by atoms with Gasteiger partial charge in [0.05, 0.1) is 27.7 Å². The van der Waals surface area contributed by atoms with Gasteiger partial charge in [-0.25, -0.2) is 15.0 Å². The average molecular weight is 681 g/mol. The number of benzene rings is 7. The van der Waals surface area contributed by atoms with E-state index in [1.807, 2.05) is 72.8 Å². The molecule has 5 nitrogen and oxygen atoms in total. The van der Waals surface area contributed by atoms with Gasteiger partial charge in [0.2, 0.25) is 0 Å². The molecule has 11 rings (SSSR count). The van der Waals surface area contributed by atoms with E-state index in [0.29, 0.717) is 17.5 Å². The molecule has 10 aromatic rings. The Morgan fingerprint density at radius 2 is 1.09 bits per heavy atom. The van der Waals surface area contributed by atoms with E-state index in [-0.39, 0.29) is 5.41 Å². The Morgan fingerprint density at radius 1 is 0.472 bits per heavy atom. The molecule has 0 fully saturated rings. The van der Waals surface area contributed by atoms with Gasteiger partial charge in [0.15, 0.2) is 17.5 Å². The van der Waals surface area contributed by atoms with E-state index < -0.39 is 0 Å². The molecular formula is C48H32N4O. The van der Waals surface area contributed by atoms with Gasteiger partial charge in [0, 0.05) is 32.7 Å². The van der Waals surface area contributed by atoms with E-state index in [4.69, 9.17) is 19.4 Å². The first-order chi connectivity index (χ1) is 26.0. The molecule has 0 saturated heterocycles. The maximum absolute atomic E-state index is 6.83. The minimum absolute atomic E-state index is 0.0965. The molecule has 1 aliphatic rings. The van der Waals surface area contributed by atoms with Crippen LogP contribution < -0.4 is 0 Å². The summed E-state index contributed by atoms with van der Waals surface area (Å²) in [6.07, 6.45) is 0. The third kappa shape index (κ3) is 4.34. The van der Waals surface area contributed by atoms with Crippen molar-refractivity contribution in [1.82, 2.24) is 19.5 Å². The van der Waals surface area contributed by atoms with Crippen molar-refractivity contribution in [3.05, 3.63) is 169 Å². The smallest absolute Gasteiger partial charge is 0.167 e. The van der Waals surface area contributed by atoms with Crippen molar-refractivity contribution in [3.63, 3.8) is 0 Å². The monoisotopic (exact) mass is 680 g/mol. The molecule has 250 valence electrons. The molecule has 0 bridgehead atoms. The number of hydrogen-bond donors (Lipinski definition) is 0. The van der Waals surface area contributed by atoms with Crippen LogP contribution in [-0.4, -0.2) is 19.5 Å². The summed E-state index contributed by atoms with van der Waals surface area (Å²) in [6, 6.07) is 55.2. The van der Waals surface area contributed by atoms with E-state index in [0.717, 1.165) is 55.3 Å². The van der Waals surface area contributed by atoms with Crippen LogP contribution in [0.3, 0.4) is 0 Å². The minimum atomic E-state index is -0.0965. The van der Waals surface area contributed by atoms with E-state index in [1.54, 1.807) is 0 Å². The van der Waals surface area contributed by atoms with Gasteiger partial charge in [0.1, 0.15) is 11.2 Å². The number of nitrogens with zero attached hydrogens (tertiary/aromatic N) is 4. The zero-order valence-corrected chi connectivity index (χ0v) is 29.2. The Hall–Kier alpha value is -6.85. The first-order valence-corrected chi connectivity index (χ1v) is 18.0. The van der Waals surface area contributed by atoms with Crippen LogP contribution in [0.2, 0.25) is 0 Å². The molecule has 5 heteroatoms. The molecular weight excluding hydrogens is 649 g/mol. The van der Waals surface area contributed by atoms with Crippen molar-refractivity contribution in [2.75, 3.05) is 0 Å². The minimum Gasteiger partial charge on any atom is -0.455 e. The highest BCUT2D eigenvalue weighted by molar-refractivity contribution is 6.17. The molecule has 1 aliphatic carbocycles. The third-order valence-electron chi connectivity index (χ3n) is 11.1. The fourth-order valence-corrected chi connectivity index (χ4v) is 8.52. The maximum atomic E-state index is 6.83. The first kappa shape index (κ1) is 29.8. The molecule has 0 amide bonds. The van der Waals surface area contributed by atoms with Gasteiger partial charge in [-0.1, -0.05) is 135 Å². The lowest BCUT2D eigenvalue weighted by Crippen LogP contribution is -2.14. The number of hydrogen-bond acceptors (Lipinski definition) is 4. The summed E-state index contributed by atoms with van der Waals surface area (Å²) >= 11 is 0. The average Bonchev–Trinajstić information content (AvgIpc) is 3.83. The SMILES string of the molecule is CC1(C)c2ccccc2-c2cc3c(cc21)c1ccccc1n3-c1ccc(-c2nc(-c3ccccc3)nc(-c3ccccc3)n2)c2oc3ccccc3c12. The zero-order valence-electron chi connectivity index (χ0n) is 29.2. The molecule has 3 aromatic heterocycles. The van der Waals surface area contributed by atoms with Crippen molar-refractivity contribution in [1.29, 1.82) is 0 Å². The van der Waals surface area contributed by atoms with E-state index in [2.05, 4.69) is 103 Å². The highest BCUT2D eigenvalue weighted by atomic mass is 16.3. The molecule has 0 radical (unpaired) electrons. The lowest BCUT2D eigenvalue weighted by molar-refractivity contribution is 0.661. The van der Waals surface area contributed by atoms with Gasteiger partial charge in [-0.2, -0.15) is 0 Å². The van der Waals surface area contributed by atoms with Crippen LogP contribution in [0.4, 0.5) is 0 Å².